The van der Waals surface area contributed by atoms with Crippen molar-refractivity contribution < 1.29 is 9.53 Å². The topological polar surface area (TPSA) is 58.8 Å². The van der Waals surface area contributed by atoms with Gasteiger partial charge in [-0.15, -0.1) is 0 Å². The summed E-state index contributed by atoms with van der Waals surface area (Å²) >= 11 is 1.73. The number of thioether (sulfide) groups is 1. The molecule has 2 atom stereocenters. The molecule has 0 aromatic rings. The summed E-state index contributed by atoms with van der Waals surface area (Å²) in [5.41, 5.74) is 5.95. The van der Waals surface area contributed by atoms with E-state index in [-0.39, 0.29) is 18.1 Å². The van der Waals surface area contributed by atoms with E-state index in [1.165, 1.54) is 0 Å². The number of ether oxygens (including phenoxy) is 1. The fraction of sp³-hybridized carbons (Fsp3) is 0.933. The van der Waals surface area contributed by atoms with Crippen LogP contribution in [0.3, 0.4) is 0 Å². The Labute approximate surface area is 133 Å². The molecule has 0 aliphatic carbocycles. The maximum absolute atomic E-state index is 12.2. The summed E-state index contributed by atoms with van der Waals surface area (Å²) in [5, 5.41) is 0. The van der Waals surface area contributed by atoms with Gasteiger partial charge in [0.1, 0.15) is 0 Å². The van der Waals surface area contributed by atoms with E-state index in [2.05, 4.69) is 18.7 Å². The molecule has 1 fully saturated rings. The molecule has 1 aliphatic heterocycles. The van der Waals surface area contributed by atoms with E-state index < -0.39 is 0 Å². The summed E-state index contributed by atoms with van der Waals surface area (Å²) in [6, 6.07) is -0.355. The van der Waals surface area contributed by atoms with Gasteiger partial charge in [0.15, 0.2) is 0 Å². The third-order valence-electron chi connectivity index (χ3n) is 4.06. The van der Waals surface area contributed by atoms with Gasteiger partial charge in [-0.3, -0.25) is 4.79 Å². The molecule has 0 saturated carbocycles. The normalized spacial score (nSPS) is 20.2. The first-order chi connectivity index (χ1) is 10.1. The lowest BCUT2D eigenvalue weighted by Gasteiger charge is -2.22. The van der Waals surface area contributed by atoms with Crippen molar-refractivity contribution >= 4 is 17.7 Å². The highest BCUT2D eigenvalue weighted by atomic mass is 32.2. The molecule has 1 saturated heterocycles. The highest BCUT2D eigenvalue weighted by Gasteiger charge is 2.29. The van der Waals surface area contributed by atoms with Gasteiger partial charge in [0, 0.05) is 19.6 Å². The van der Waals surface area contributed by atoms with Gasteiger partial charge < -0.3 is 20.3 Å². The van der Waals surface area contributed by atoms with Crippen LogP contribution in [0.2, 0.25) is 0 Å². The van der Waals surface area contributed by atoms with Gasteiger partial charge in [0.05, 0.1) is 18.8 Å². The van der Waals surface area contributed by atoms with Crippen LogP contribution in [0.5, 0.6) is 0 Å². The summed E-state index contributed by atoms with van der Waals surface area (Å²) in [6.45, 7) is 9.62. The zero-order valence-electron chi connectivity index (χ0n) is 13.7. The molecule has 1 amide bonds. The van der Waals surface area contributed by atoms with Gasteiger partial charge >= 0.3 is 0 Å². The fourth-order valence-corrected chi connectivity index (χ4v) is 3.05. The number of hydrogen-bond acceptors (Lipinski definition) is 5. The Hall–Kier alpha value is -0.300. The van der Waals surface area contributed by atoms with E-state index in [0.717, 1.165) is 51.4 Å². The summed E-state index contributed by atoms with van der Waals surface area (Å²) < 4.78 is 5.90. The number of likely N-dealkylation sites (tertiary alicyclic amines) is 1. The van der Waals surface area contributed by atoms with Crippen LogP contribution in [0.1, 0.15) is 26.7 Å². The van der Waals surface area contributed by atoms with Crippen LogP contribution in [0.15, 0.2) is 0 Å². The average molecular weight is 317 g/mol. The molecule has 21 heavy (non-hydrogen) atoms. The average Bonchev–Trinajstić information content (AvgIpc) is 2.97. The number of nitrogens with two attached hydrogens (primary N) is 1. The zero-order valence-corrected chi connectivity index (χ0v) is 14.5. The second-order valence-electron chi connectivity index (χ2n) is 5.48. The van der Waals surface area contributed by atoms with Crippen molar-refractivity contribution in [2.75, 3.05) is 51.3 Å². The summed E-state index contributed by atoms with van der Waals surface area (Å²) in [6.07, 6.45) is 3.90. The maximum atomic E-state index is 12.2. The van der Waals surface area contributed by atoms with Crippen LogP contribution in [-0.4, -0.2) is 79.2 Å². The monoisotopic (exact) mass is 317 g/mol. The SMILES string of the molecule is CCN(CC)CCOC1CCN(C(=O)[C@@H](N)CCSC)C1. The van der Waals surface area contributed by atoms with Crippen molar-refractivity contribution in [1.29, 1.82) is 0 Å². The van der Waals surface area contributed by atoms with Crippen LogP contribution in [0.4, 0.5) is 0 Å². The van der Waals surface area contributed by atoms with Crippen LogP contribution in [-0.2, 0) is 9.53 Å². The molecule has 1 rings (SSSR count). The second kappa shape index (κ2) is 10.4. The van der Waals surface area contributed by atoms with Gasteiger partial charge in [-0.25, -0.2) is 0 Å². The van der Waals surface area contributed by atoms with Crippen molar-refractivity contribution in [2.45, 2.75) is 38.8 Å². The first-order valence-electron chi connectivity index (χ1n) is 7.99. The number of hydrogen-bond donors (Lipinski definition) is 1. The Bertz CT molecular complexity index is 301. The first-order valence-corrected chi connectivity index (χ1v) is 9.38. The molecule has 1 heterocycles. The first kappa shape index (κ1) is 18.7. The lowest BCUT2D eigenvalue weighted by molar-refractivity contribution is -0.132. The number of carbonyl (C=O) groups is 1. The molecule has 0 spiro atoms. The van der Waals surface area contributed by atoms with Gasteiger partial charge in [-0.2, -0.15) is 11.8 Å². The van der Waals surface area contributed by atoms with Crippen LogP contribution < -0.4 is 5.73 Å². The predicted molar refractivity (Wildman–Crippen MR) is 89.7 cm³/mol. The molecule has 5 nitrogen and oxygen atoms in total. The molecular weight excluding hydrogens is 286 g/mol. The number of nitrogens with zero attached hydrogens (tertiary/aromatic N) is 2. The van der Waals surface area contributed by atoms with E-state index in [1.54, 1.807) is 11.8 Å². The number of likely N-dealkylation sites (N-methyl/N-ethyl adjacent to an activating group) is 1. The molecule has 0 radical (unpaired) electrons. The largest absolute Gasteiger partial charge is 0.375 e. The van der Waals surface area contributed by atoms with Crippen LogP contribution in [0, 0.1) is 0 Å². The lowest BCUT2D eigenvalue weighted by Crippen LogP contribution is -2.43. The predicted octanol–water partition coefficient (Wildman–Crippen LogP) is 1.03. The summed E-state index contributed by atoms with van der Waals surface area (Å²) in [5.74, 6) is 1.02. The molecule has 0 bridgehead atoms. The molecule has 0 aromatic heterocycles. The molecule has 2 N–H and O–H groups in total. The molecule has 124 valence electrons. The van der Waals surface area contributed by atoms with E-state index >= 15 is 0 Å². The van der Waals surface area contributed by atoms with Crippen molar-refractivity contribution in [3.8, 4) is 0 Å². The smallest absolute Gasteiger partial charge is 0.239 e. The van der Waals surface area contributed by atoms with Crippen molar-refractivity contribution in [1.82, 2.24) is 9.80 Å². The van der Waals surface area contributed by atoms with Crippen LogP contribution in [0.25, 0.3) is 0 Å². The zero-order chi connectivity index (χ0) is 15.7. The molecule has 0 aromatic carbocycles. The molecule has 1 unspecified atom stereocenters. The fourth-order valence-electron chi connectivity index (χ4n) is 2.56. The third-order valence-corrected chi connectivity index (χ3v) is 4.71. The number of amides is 1. The standard InChI is InChI=1S/C15H31N3O2S/c1-4-17(5-2)9-10-20-13-6-8-18(12-13)15(19)14(16)7-11-21-3/h13-14H,4-12,16H2,1-3H3/t13?,14-/m0/s1. The second-order valence-corrected chi connectivity index (χ2v) is 6.47. The van der Waals surface area contributed by atoms with Crippen molar-refractivity contribution in [3.05, 3.63) is 0 Å². The lowest BCUT2D eigenvalue weighted by atomic mass is 10.2. The Morgan fingerprint density at radius 1 is 1.48 bits per heavy atom. The summed E-state index contributed by atoms with van der Waals surface area (Å²) in [7, 11) is 0. The van der Waals surface area contributed by atoms with E-state index in [4.69, 9.17) is 10.5 Å². The Balaban J connectivity index is 2.24. The van der Waals surface area contributed by atoms with Crippen molar-refractivity contribution in [2.24, 2.45) is 5.73 Å². The molecule has 6 heteroatoms. The summed E-state index contributed by atoms with van der Waals surface area (Å²) in [4.78, 5) is 16.4. The minimum atomic E-state index is -0.355. The Morgan fingerprint density at radius 3 is 2.81 bits per heavy atom. The van der Waals surface area contributed by atoms with E-state index in [1.807, 2.05) is 11.2 Å². The van der Waals surface area contributed by atoms with Crippen molar-refractivity contribution in [3.63, 3.8) is 0 Å². The highest BCUT2D eigenvalue weighted by Crippen LogP contribution is 2.14. The minimum absolute atomic E-state index is 0.0823. The molecular formula is C15H31N3O2S. The number of carbonyl (C=O) groups excluding carboxylic acids is 1. The Morgan fingerprint density at radius 2 is 2.19 bits per heavy atom. The van der Waals surface area contributed by atoms with Gasteiger partial charge in [0.25, 0.3) is 0 Å². The van der Waals surface area contributed by atoms with Gasteiger partial charge in [0.2, 0.25) is 5.91 Å². The molecule has 1 aliphatic rings. The highest BCUT2D eigenvalue weighted by molar-refractivity contribution is 7.98. The number of rotatable bonds is 10. The van der Waals surface area contributed by atoms with Gasteiger partial charge in [-0.1, -0.05) is 13.8 Å². The van der Waals surface area contributed by atoms with Crippen LogP contribution >= 0.6 is 11.8 Å². The van der Waals surface area contributed by atoms with Gasteiger partial charge in [-0.05, 0) is 37.9 Å². The quantitative estimate of drug-likeness (QED) is 0.652. The third kappa shape index (κ3) is 6.55. The van der Waals surface area contributed by atoms with E-state index in [9.17, 15) is 4.79 Å². The Kier molecular flexibility index (Phi) is 9.31. The minimum Gasteiger partial charge on any atom is -0.375 e. The van der Waals surface area contributed by atoms with E-state index in [0.29, 0.717) is 6.54 Å². The maximum Gasteiger partial charge on any atom is 0.239 e.